The first-order valence-corrected chi connectivity index (χ1v) is 12.2. The van der Waals surface area contributed by atoms with Gasteiger partial charge >= 0.3 is 5.97 Å². The van der Waals surface area contributed by atoms with Gasteiger partial charge in [0.2, 0.25) is 0 Å². The van der Waals surface area contributed by atoms with Gasteiger partial charge < -0.3 is 4.74 Å². The summed E-state index contributed by atoms with van der Waals surface area (Å²) < 4.78 is 7.28. The highest BCUT2D eigenvalue weighted by molar-refractivity contribution is 7.80. The van der Waals surface area contributed by atoms with Crippen molar-refractivity contribution in [2.75, 3.05) is 7.11 Å². The van der Waals surface area contributed by atoms with Crippen molar-refractivity contribution in [1.82, 2.24) is 4.57 Å². The molecule has 34 heavy (non-hydrogen) atoms. The predicted molar refractivity (Wildman–Crippen MR) is 138 cm³/mol. The van der Waals surface area contributed by atoms with Crippen LogP contribution in [0.4, 0.5) is 0 Å². The topological polar surface area (TPSA) is 60.7 Å². The summed E-state index contributed by atoms with van der Waals surface area (Å²) in [6.07, 6.45) is 2.45. The maximum Gasteiger partial charge on any atom is 0.338 e. The molecule has 0 N–H and O–H groups in total. The van der Waals surface area contributed by atoms with Crippen LogP contribution in [0.1, 0.15) is 30.5 Å². The molecule has 0 radical (unpaired) electrons. The van der Waals surface area contributed by atoms with Crippen molar-refractivity contribution in [1.29, 1.82) is 0 Å². The number of benzene rings is 3. The van der Waals surface area contributed by atoms with Crippen molar-refractivity contribution in [3.8, 4) is 0 Å². The first-order valence-electron chi connectivity index (χ1n) is 10.9. The zero-order valence-electron chi connectivity index (χ0n) is 18.7. The van der Waals surface area contributed by atoms with E-state index in [0.29, 0.717) is 27.0 Å². The van der Waals surface area contributed by atoms with Crippen LogP contribution in [-0.2, 0) is 9.53 Å². The van der Waals surface area contributed by atoms with Crippen molar-refractivity contribution >= 4 is 46.8 Å². The Hall–Kier alpha value is -3.42. The van der Waals surface area contributed by atoms with Gasteiger partial charge in [-0.1, -0.05) is 78.9 Å². The number of thiazole rings is 1. The lowest BCUT2D eigenvalue weighted by atomic mass is 9.95. The van der Waals surface area contributed by atoms with Gasteiger partial charge in [-0.3, -0.25) is 9.36 Å². The zero-order valence-corrected chi connectivity index (χ0v) is 20.4. The first kappa shape index (κ1) is 22.4. The minimum absolute atomic E-state index is 0.187. The van der Waals surface area contributed by atoms with Crippen molar-refractivity contribution in [2.45, 2.75) is 24.3 Å². The van der Waals surface area contributed by atoms with Crippen LogP contribution in [-0.4, -0.2) is 17.6 Å². The van der Waals surface area contributed by atoms with Crippen LogP contribution in [0.2, 0.25) is 0 Å². The monoisotopic (exact) mass is 486 g/mol. The van der Waals surface area contributed by atoms with Gasteiger partial charge in [0.05, 0.1) is 29.0 Å². The minimum atomic E-state index is -0.599. The normalized spacial score (nSPS) is 15.9. The van der Waals surface area contributed by atoms with Crippen LogP contribution in [0.25, 0.3) is 16.8 Å². The van der Waals surface area contributed by atoms with E-state index in [1.807, 2.05) is 79.7 Å². The van der Waals surface area contributed by atoms with Crippen LogP contribution < -0.4 is 14.9 Å². The summed E-state index contributed by atoms with van der Waals surface area (Å²) in [5.41, 5.74) is 2.62. The molecule has 0 amide bonds. The van der Waals surface area contributed by atoms with E-state index in [-0.39, 0.29) is 5.56 Å². The summed E-state index contributed by atoms with van der Waals surface area (Å²) in [4.78, 5) is 32.8. The fourth-order valence-electron chi connectivity index (χ4n) is 4.39. The lowest BCUT2D eigenvalue weighted by Crippen LogP contribution is -2.40. The lowest BCUT2D eigenvalue weighted by Gasteiger charge is -2.25. The number of thiol groups is 1. The second-order valence-electron chi connectivity index (χ2n) is 7.92. The van der Waals surface area contributed by atoms with Gasteiger partial charge in [-0.2, -0.15) is 0 Å². The van der Waals surface area contributed by atoms with Crippen LogP contribution in [0.3, 0.4) is 0 Å². The number of hydrogen-bond acceptors (Lipinski definition) is 6. The predicted octanol–water partition coefficient (Wildman–Crippen LogP) is 4.24. The summed E-state index contributed by atoms with van der Waals surface area (Å²) in [6, 6.07) is 20.8. The second kappa shape index (κ2) is 9.08. The Morgan fingerprint density at radius 1 is 1.09 bits per heavy atom. The number of nitrogens with zero attached hydrogens (tertiary/aromatic N) is 2. The fourth-order valence-corrected chi connectivity index (χ4v) is 5.67. The molecule has 0 fully saturated rings. The average Bonchev–Trinajstić information content (AvgIpc) is 3.19. The molecule has 1 aromatic heterocycles. The van der Waals surface area contributed by atoms with E-state index in [1.165, 1.54) is 18.4 Å². The number of esters is 1. The third kappa shape index (κ3) is 3.71. The van der Waals surface area contributed by atoms with Gasteiger partial charge in [0.15, 0.2) is 4.80 Å². The van der Waals surface area contributed by atoms with Crippen molar-refractivity contribution in [3.05, 3.63) is 109 Å². The van der Waals surface area contributed by atoms with Crippen molar-refractivity contribution in [2.24, 2.45) is 4.99 Å². The molecule has 1 aliphatic heterocycles. The number of methoxy groups -OCH3 is 1. The number of ether oxygens (including phenoxy) is 1. The van der Waals surface area contributed by atoms with E-state index < -0.39 is 12.0 Å². The molecule has 0 unspecified atom stereocenters. The fraction of sp³-hybridized carbons (Fsp3) is 0.148. The quantitative estimate of drug-likeness (QED) is 0.347. The second-order valence-corrected chi connectivity index (χ2v) is 9.41. The van der Waals surface area contributed by atoms with Crippen molar-refractivity contribution in [3.63, 3.8) is 0 Å². The lowest BCUT2D eigenvalue weighted by molar-refractivity contribution is -0.136. The SMILES string of the molecule is CCC1=C(C(=O)OC)[C@@H](c2ccccc2)n2c(s/c(=C\c3ccc(S)c4ccccc34)c2=O)=N1. The van der Waals surface area contributed by atoms with Gasteiger partial charge in [-0.15, -0.1) is 12.6 Å². The number of allylic oxidation sites excluding steroid dienone is 1. The number of carbonyl (C=O) groups is 1. The molecule has 0 spiro atoms. The largest absolute Gasteiger partial charge is 0.466 e. The number of rotatable bonds is 4. The highest BCUT2D eigenvalue weighted by atomic mass is 32.1. The molecule has 0 bridgehead atoms. The number of fused-ring (bicyclic) bond motifs is 2. The number of aromatic nitrogens is 1. The molecule has 1 aliphatic rings. The first-order chi connectivity index (χ1) is 16.5. The van der Waals surface area contributed by atoms with Crippen LogP contribution in [0.5, 0.6) is 0 Å². The molecule has 0 aliphatic carbocycles. The smallest absolute Gasteiger partial charge is 0.338 e. The molecule has 3 aromatic carbocycles. The Bertz CT molecular complexity index is 1630. The Kier molecular flexibility index (Phi) is 5.98. The molecule has 4 aromatic rings. The summed E-state index contributed by atoms with van der Waals surface area (Å²) in [5.74, 6) is -0.473. The van der Waals surface area contributed by atoms with E-state index in [0.717, 1.165) is 26.8 Å². The van der Waals surface area contributed by atoms with Crippen molar-refractivity contribution < 1.29 is 9.53 Å². The standard InChI is InChI=1S/C27H22N2O3S2/c1-3-20-23(26(31)32-2)24(16-9-5-4-6-10-16)29-25(30)22(34-27(29)28-20)15-17-13-14-21(33)19-12-8-7-11-18(17)19/h4-15,24,33H,3H2,1-2H3/b22-15-/t24-/m1/s1. The maximum atomic E-state index is 13.7. The van der Waals surface area contributed by atoms with E-state index in [4.69, 9.17) is 9.73 Å². The summed E-state index contributed by atoms with van der Waals surface area (Å²) in [5, 5.41) is 2.04. The van der Waals surface area contributed by atoms with Gasteiger partial charge in [0.1, 0.15) is 0 Å². The molecular weight excluding hydrogens is 464 g/mol. The minimum Gasteiger partial charge on any atom is -0.466 e. The molecule has 0 saturated heterocycles. The van der Waals surface area contributed by atoms with Crippen LogP contribution in [0, 0.1) is 0 Å². The summed E-state index contributed by atoms with van der Waals surface area (Å²) in [7, 11) is 1.35. The average molecular weight is 487 g/mol. The summed E-state index contributed by atoms with van der Waals surface area (Å²) >= 11 is 5.90. The molecular formula is C27H22N2O3S2. The molecule has 5 rings (SSSR count). The molecule has 170 valence electrons. The zero-order chi connectivity index (χ0) is 23.8. The third-order valence-corrected chi connectivity index (χ3v) is 7.36. The van der Waals surface area contributed by atoms with Crippen LogP contribution >= 0.6 is 24.0 Å². The van der Waals surface area contributed by atoms with Gasteiger partial charge in [0.25, 0.3) is 5.56 Å². The van der Waals surface area contributed by atoms with E-state index in [1.54, 1.807) is 4.57 Å². The molecule has 0 saturated carbocycles. The Morgan fingerprint density at radius 2 is 1.79 bits per heavy atom. The number of hydrogen-bond donors (Lipinski definition) is 1. The van der Waals surface area contributed by atoms with E-state index in [2.05, 4.69) is 12.6 Å². The summed E-state index contributed by atoms with van der Waals surface area (Å²) in [6.45, 7) is 1.95. The molecule has 5 nitrogen and oxygen atoms in total. The highest BCUT2D eigenvalue weighted by Gasteiger charge is 2.33. The van der Waals surface area contributed by atoms with Gasteiger partial charge in [0, 0.05) is 4.90 Å². The number of carbonyl (C=O) groups excluding carboxylic acids is 1. The van der Waals surface area contributed by atoms with Crippen LogP contribution in [0.15, 0.2) is 92.7 Å². The van der Waals surface area contributed by atoms with E-state index >= 15 is 0 Å². The third-order valence-electron chi connectivity index (χ3n) is 5.99. The Balaban J connectivity index is 1.79. The Labute approximate surface area is 205 Å². The molecule has 1 atom stereocenters. The maximum absolute atomic E-state index is 13.7. The molecule has 7 heteroatoms. The molecule has 2 heterocycles. The van der Waals surface area contributed by atoms with Gasteiger partial charge in [-0.25, -0.2) is 9.79 Å². The highest BCUT2D eigenvalue weighted by Crippen LogP contribution is 2.32. The Morgan fingerprint density at radius 3 is 2.50 bits per heavy atom. The van der Waals surface area contributed by atoms with E-state index in [9.17, 15) is 9.59 Å². The van der Waals surface area contributed by atoms with Gasteiger partial charge in [-0.05, 0) is 40.5 Å².